The number of hydrogen-bond acceptors (Lipinski definition) is 3. The van der Waals surface area contributed by atoms with E-state index in [4.69, 9.17) is 9.84 Å². The standard InChI is InChI=1S/C19H20BrF4NO2/c20-14-5-7-18(17(11-14)25-8-2-1-3-9-26)27-12-13-4-6-16(21)15(10-13)19(22,23)24/h4-7,10-11,25-26H,1-3,8-9,12H2. The minimum atomic E-state index is -4.75. The average Bonchev–Trinajstić information content (AvgIpc) is 2.61. The molecule has 0 bridgehead atoms. The third-order valence-electron chi connectivity index (χ3n) is 3.82. The van der Waals surface area contributed by atoms with Gasteiger partial charge in [-0.25, -0.2) is 4.39 Å². The molecule has 0 aliphatic heterocycles. The molecule has 3 nitrogen and oxygen atoms in total. The minimum absolute atomic E-state index is 0.121. The number of alkyl halides is 3. The highest BCUT2D eigenvalue weighted by Crippen LogP contribution is 2.33. The summed E-state index contributed by atoms with van der Waals surface area (Å²) in [5, 5.41) is 12.0. The highest BCUT2D eigenvalue weighted by atomic mass is 79.9. The van der Waals surface area contributed by atoms with Crippen LogP contribution in [0, 0.1) is 5.82 Å². The fourth-order valence-electron chi connectivity index (χ4n) is 2.44. The third-order valence-corrected chi connectivity index (χ3v) is 4.32. The summed E-state index contributed by atoms with van der Waals surface area (Å²) < 4.78 is 58.3. The summed E-state index contributed by atoms with van der Waals surface area (Å²) in [5.41, 5.74) is -0.381. The molecule has 0 aliphatic carbocycles. The maximum atomic E-state index is 13.4. The van der Waals surface area contributed by atoms with Crippen LogP contribution in [0.3, 0.4) is 0 Å². The molecule has 0 saturated heterocycles. The molecule has 0 aromatic heterocycles. The van der Waals surface area contributed by atoms with Gasteiger partial charge in [-0.2, -0.15) is 13.2 Å². The quantitative estimate of drug-likeness (QED) is 0.377. The van der Waals surface area contributed by atoms with E-state index < -0.39 is 17.6 Å². The second kappa shape index (κ2) is 9.94. The Morgan fingerprint density at radius 3 is 2.52 bits per heavy atom. The summed E-state index contributed by atoms with van der Waals surface area (Å²) in [7, 11) is 0. The normalized spacial score (nSPS) is 11.5. The number of rotatable bonds is 9. The van der Waals surface area contributed by atoms with Crippen molar-refractivity contribution in [2.45, 2.75) is 32.0 Å². The Morgan fingerprint density at radius 1 is 1.04 bits per heavy atom. The largest absolute Gasteiger partial charge is 0.487 e. The van der Waals surface area contributed by atoms with Crippen LogP contribution >= 0.6 is 15.9 Å². The first-order valence-corrected chi connectivity index (χ1v) is 9.23. The summed E-state index contributed by atoms with van der Waals surface area (Å²) in [4.78, 5) is 0. The minimum Gasteiger partial charge on any atom is -0.487 e. The molecule has 0 heterocycles. The van der Waals surface area contributed by atoms with Crippen LogP contribution < -0.4 is 10.1 Å². The molecular weight excluding hydrogens is 430 g/mol. The van der Waals surface area contributed by atoms with Crippen LogP contribution in [0.2, 0.25) is 0 Å². The maximum absolute atomic E-state index is 13.4. The van der Waals surface area contributed by atoms with E-state index in [1.54, 1.807) is 12.1 Å². The van der Waals surface area contributed by atoms with Gasteiger partial charge in [0.25, 0.3) is 0 Å². The zero-order valence-corrected chi connectivity index (χ0v) is 16.0. The molecule has 0 saturated carbocycles. The molecule has 27 heavy (non-hydrogen) atoms. The van der Waals surface area contributed by atoms with Crippen molar-refractivity contribution in [1.82, 2.24) is 0 Å². The predicted octanol–water partition coefficient (Wildman–Crippen LogP) is 5.76. The van der Waals surface area contributed by atoms with Crippen LogP contribution in [-0.4, -0.2) is 18.3 Å². The highest BCUT2D eigenvalue weighted by molar-refractivity contribution is 9.10. The van der Waals surface area contributed by atoms with Gasteiger partial charge in [-0.05, 0) is 55.2 Å². The number of aliphatic hydroxyl groups excluding tert-OH is 1. The van der Waals surface area contributed by atoms with E-state index in [1.807, 2.05) is 6.07 Å². The van der Waals surface area contributed by atoms with Gasteiger partial charge in [-0.15, -0.1) is 0 Å². The number of unbranched alkanes of at least 4 members (excludes halogenated alkanes) is 2. The van der Waals surface area contributed by atoms with Gasteiger partial charge < -0.3 is 15.2 Å². The number of benzene rings is 2. The molecule has 2 N–H and O–H groups in total. The molecule has 8 heteroatoms. The average molecular weight is 450 g/mol. The maximum Gasteiger partial charge on any atom is 0.419 e. The van der Waals surface area contributed by atoms with Gasteiger partial charge in [0.2, 0.25) is 0 Å². The predicted molar refractivity (Wildman–Crippen MR) is 99.3 cm³/mol. The van der Waals surface area contributed by atoms with Crippen LogP contribution in [0.1, 0.15) is 30.4 Å². The highest BCUT2D eigenvalue weighted by Gasteiger charge is 2.34. The van der Waals surface area contributed by atoms with Crippen LogP contribution in [0.4, 0.5) is 23.2 Å². The van der Waals surface area contributed by atoms with Crippen molar-refractivity contribution in [3.63, 3.8) is 0 Å². The lowest BCUT2D eigenvalue weighted by Crippen LogP contribution is -2.10. The third kappa shape index (κ3) is 6.70. The van der Waals surface area contributed by atoms with E-state index in [0.29, 0.717) is 18.0 Å². The van der Waals surface area contributed by atoms with E-state index in [-0.39, 0.29) is 18.8 Å². The van der Waals surface area contributed by atoms with E-state index in [1.165, 1.54) is 6.07 Å². The fourth-order valence-corrected chi connectivity index (χ4v) is 2.80. The Kier molecular flexibility index (Phi) is 7.91. The molecule has 0 fully saturated rings. The zero-order chi connectivity index (χ0) is 19.9. The summed E-state index contributed by atoms with van der Waals surface area (Å²) in [6.07, 6.45) is -2.28. The van der Waals surface area contributed by atoms with Gasteiger partial charge >= 0.3 is 6.18 Å². The Labute approximate surface area is 163 Å². The van der Waals surface area contributed by atoms with E-state index >= 15 is 0 Å². The van der Waals surface area contributed by atoms with Crippen molar-refractivity contribution in [3.8, 4) is 5.75 Å². The topological polar surface area (TPSA) is 41.5 Å². The second-order valence-electron chi connectivity index (χ2n) is 5.95. The lowest BCUT2D eigenvalue weighted by atomic mass is 10.1. The molecule has 0 atom stereocenters. The fraction of sp³-hybridized carbons (Fsp3) is 0.368. The van der Waals surface area contributed by atoms with Crippen LogP contribution in [-0.2, 0) is 12.8 Å². The molecule has 0 amide bonds. The molecule has 2 aromatic carbocycles. The summed E-state index contributed by atoms with van der Waals surface area (Å²) in [6.45, 7) is 0.703. The number of anilines is 1. The molecule has 0 unspecified atom stereocenters. The van der Waals surface area contributed by atoms with Crippen molar-refractivity contribution in [2.75, 3.05) is 18.5 Å². The summed E-state index contributed by atoms with van der Waals surface area (Å²) >= 11 is 3.37. The van der Waals surface area contributed by atoms with Gasteiger partial charge in [0, 0.05) is 17.6 Å². The van der Waals surface area contributed by atoms with Gasteiger partial charge in [0.15, 0.2) is 0 Å². The molecule has 0 aliphatic rings. The summed E-state index contributed by atoms with van der Waals surface area (Å²) in [6, 6.07) is 8.10. The van der Waals surface area contributed by atoms with E-state index in [0.717, 1.165) is 35.9 Å². The lowest BCUT2D eigenvalue weighted by molar-refractivity contribution is -0.140. The monoisotopic (exact) mass is 449 g/mol. The Morgan fingerprint density at radius 2 is 1.81 bits per heavy atom. The van der Waals surface area contributed by atoms with Crippen molar-refractivity contribution < 1.29 is 27.4 Å². The molecule has 0 radical (unpaired) electrons. The number of hydrogen-bond donors (Lipinski definition) is 2. The first kappa shape index (κ1) is 21.5. The SMILES string of the molecule is OCCCCCNc1cc(Br)ccc1OCc1ccc(F)c(C(F)(F)F)c1. The number of nitrogens with one attached hydrogen (secondary N) is 1. The Hall–Kier alpha value is -1.80. The van der Waals surface area contributed by atoms with Crippen molar-refractivity contribution in [2.24, 2.45) is 0 Å². The Balaban J connectivity index is 2.05. The van der Waals surface area contributed by atoms with Crippen LogP contribution in [0.5, 0.6) is 5.75 Å². The number of halogens is 5. The number of aliphatic hydroxyl groups is 1. The molecular formula is C19H20BrF4NO2. The van der Waals surface area contributed by atoms with E-state index in [9.17, 15) is 17.6 Å². The van der Waals surface area contributed by atoms with E-state index in [2.05, 4.69) is 21.2 Å². The molecule has 148 valence electrons. The van der Waals surface area contributed by atoms with Gasteiger partial charge in [-0.3, -0.25) is 0 Å². The number of ether oxygens (including phenoxy) is 1. The lowest BCUT2D eigenvalue weighted by Gasteiger charge is -2.15. The van der Waals surface area contributed by atoms with Crippen molar-refractivity contribution >= 4 is 21.6 Å². The molecule has 0 spiro atoms. The zero-order valence-electron chi connectivity index (χ0n) is 14.5. The molecule has 2 aromatic rings. The Bertz CT molecular complexity index is 753. The molecule has 2 rings (SSSR count). The van der Waals surface area contributed by atoms with Crippen molar-refractivity contribution in [3.05, 3.63) is 57.8 Å². The smallest absolute Gasteiger partial charge is 0.419 e. The van der Waals surface area contributed by atoms with Crippen LogP contribution in [0.25, 0.3) is 0 Å². The van der Waals surface area contributed by atoms with Gasteiger partial charge in [0.05, 0.1) is 11.3 Å². The van der Waals surface area contributed by atoms with Crippen molar-refractivity contribution in [1.29, 1.82) is 0 Å². The second-order valence-corrected chi connectivity index (χ2v) is 6.87. The summed E-state index contributed by atoms with van der Waals surface area (Å²) in [5.74, 6) is -0.821. The van der Waals surface area contributed by atoms with Gasteiger partial charge in [-0.1, -0.05) is 22.0 Å². The van der Waals surface area contributed by atoms with Crippen LogP contribution in [0.15, 0.2) is 40.9 Å². The first-order chi connectivity index (χ1) is 12.8. The first-order valence-electron chi connectivity index (χ1n) is 8.44. The van der Waals surface area contributed by atoms with Gasteiger partial charge in [0.1, 0.15) is 18.2 Å².